The Labute approximate surface area is 157 Å². The number of nitrogens with one attached hydrogen (secondary N) is 1. The lowest BCUT2D eigenvalue weighted by molar-refractivity contribution is -0.389. The molecule has 9 nitrogen and oxygen atoms in total. The van der Waals surface area contributed by atoms with Crippen LogP contribution in [0.3, 0.4) is 0 Å². The number of nitrogens with zero attached hydrogens (tertiary/aromatic N) is 5. The van der Waals surface area contributed by atoms with E-state index in [0.717, 1.165) is 15.9 Å². The molecule has 0 saturated heterocycles. The Bertz CT molecular complexity index is 816. The number of nitro groups is 1. The normalized spacial score (nSPS) is 10.9. The number of hydrogen-bond donors (Lipinski definition) is 1. The number of carbonyl (C=O) groups excluding carboxylic acids is 1. The summed E-state index contributed by atoms with van der Waals surface area (Å²) in [4.78, 5) is 22.1. The van der Waals surface area contributed by atoms with E-state index in [2.05, 4.69) is 31.4 Å². The Hall–Kier alpha value is -1.94. The van der Waals surface area contributed by atoms with E-state index in [1.165, 1.54) is 4.68 Å². The van der Waals surface area contributed by atoms with Gasteiger partial charge in [0.1, 0.15) is 6.54 Å². The van der Waals surface area contributed by atoms with Crippen molar-refractivity contribution in [3.8, 4) is 0 Å². The zero-order valence-electron chi connectivity index (χ0n) is 14.0. The molecule has 0 radical (unpaired) electrons. The van der Waals surface area contributed by atoms with Gasteiger partial charge < -0.3 is 15.4 Å². The van der Waals surface area contributed by atoms with Crippen molar-refractivity contribution in [1.29, 1.82) is 0 Å². The fraction of sp³-hybridized carbons (Fsp3) is 0.500. The number of aryl methyl sites for hydroxylation is 2. The van der Waals surface area contributed by atoms with E-state index >= 15 is 0 Å². The van der Waals surface area contributed by atoms with Crippen LogP contribution in [0.15, 0.2) is 4.47 Å². The Morgan fingerprint density at radius 1 is 1.28 bits per heavy atom. The van der Waals surface area contributed by atoms with Gasteiger partial charge in [-0.2, -0.15) is 9.78 Å². The maximum Gasteiger partial charge on any atom is 0.408 e. The minimum absolute atomic E-state index is 0.0482. The minimum Gasteiger partial charge on any atom is -0.358 e. The molecule has 11 heteroatoms. The van der Waals surface area contributed by atoms with Crippen molar-refractivity contribution in [2.45, 2.75) is 40.3 Å². The SMILES string of the molecule is Cc1nn(CCCNC(=O)Cn2nc([N+](=O)[O-])c(Cl)c2C)c(C)c1Br. The van der Waals surface area contributed by atoms with Crippen LogP contribution in [0.4, 0.5) is 5.82 Å². The summed E-state index contributed by atoms with van der Waals surface area (Å²) >= 11 is 9.32. The molecule has 1 amide bonds. The summed E-state index contributed by atoms with van der Waals surface area (Å²) in [6.45, 7) is 6.49. The average molecular weight is 434 g/mol. The first-order chi connectivity index (χ1) is 11.7. The largest absolute Gasteiger partial charge is 0.408 e. The van der Waals surface area contributed by atoms with Gasteiger partial charge in [-0.3, -0.25) is 9.48 Å². The van der Waals surface area contributed by atoms with Crippen molar-refractivity contribution in [1.82, 2.24) is 24.9 Å². The van der Waals surface area contributed by atoms with Gasteiger partial charge in [-0.1, -0.05) is 11.6 Å². The second kappa shape index (κ2) is 7.96. The van der Waals surface area contributed by atoms with E-state index < -0.39 is 10.7 Å². The first-order valence-corrected chi connectivity index (χ1v) is 8.73. The number of amides is 1. The van der Waals surface area contributed by atoms with Crippen LogP contribution in [0.1, 0.15) is 23.5 Å². The standard InChI is InChI=1S/C14H18BrClN6O3/c1-8-12(15)9(2)20(18-8)6-4-5-17-11(23)7-21-10(3)13(16)14(19-21)22(24)25/h4-7H2,1-3H3,(H,17,23). The summed E-state index contributed by atoms with van der Waals surface area (Å²) in [5, 5.41) is 21.7. The Morgan fingerprint density at radius 2 is 1.96 bits per heavy atom. The topological polar surface area (TPSA) is 108 Å². The highest BCUT2D eigenvalue weighted by atomic mass is 79.9. The summed E-state index contributed by atoms with van der Waals surface area (Å²) in [5.74, 6) is -0.728. The second-order valence-corrected chi connectivity index (χ2v) is 6.72. The van der Waals surface area contributed by atoms with Crippen molar-refractivity contribution in [2.24, 2.45) is 0 Å². The first-order valence-electron chi connectivity index (χ1n) is 7.55. The van der Waals surface area contributed by atoms with E-state index in [-0.39, 0.29) is 17.5 Å². The molecule has 2 rings (SSSR count). The number of aromatic nitrogens is 4. The predicted molar refractivity (Wildman–Crippen MR) is 95.7 cm³/mol. The third-order valence-corrected chi connectivity index (χ3v) is 5.34. The van der Waals surface area contributed by atoms with Crippen LogP contribution in [0, 0.1) is 30.9 Å². The van der Waals surface area contributed by atoms with E-state index in [4.69, 9.17) is 11.6 Å². The smallest absolute Gasteiger partial charge is 0.358 e. The first kappa shape index (κ1) is 19.4. The molecular weight excluding hydrogens is 416 g/mol. The summed E-state index contributed by atoms with van der Waals surface area (Å²) < 4.78 is 4.10. The molecule has 136 valence electrons. The van der Waals surface area contributed by atoms with Crippen molar-refractivity contribution in [2.75, 3.05) is 6.54 Å². The molecule has 2 aromatic rings. The van der Waals surface area contributed by atoms with Gasteiger partial charge in [0.2, 0.25) is 5.91 Å². The molecule has 0 aliphatic carbocycles. The molecule has 0 atom stereocenters. The molecule has 0 aliphatic rings. The number of hydrogen-bond acceptors (Lipinski definition) is 5. The summed E-state index contributed by atoms with van der Waals surface area (Å²) in [6, 6.07) is 0. The molecule has 0 aliphatic heterocycles. The van der Waals surface area contributed by atoms with Gasteiger partial charge in [-0.15, -0.1) is 0 Å². The van der Waals surface area contributed by atoms with E-state index in [0.29, 0.717) is 25.2 Å². The third kappa shape index (κ3) is 4.37. The molecule has 0 bridgehead atoms. The van der Waals surface area contributed by atoms with E-state index in [9.17, 15) is 14.9 Å². The maximum absolute atomic E-state index is 12.0. The van der Waals surface area contributed by atoms with Gasteiger partial charge in [-0.25, -0.2) is 0 Å². The molecule has 0 aromatic carbocycles. The fourth-order valence-electron chi connectivity index (χ4n) is 2.32. The summed E-state index contributed by atoms with van der Waals surface area (Å²) in [5.41, 5.74) is 2.35. The van der Waals surface area contributed by atoms with E-state index in [1.807, 2.05) is 18.5 Å². The maximum atomic E-state index is 12.0. The number of halogens is 2. The average Bonchev–Trinajstić information content (AvgIpc) is 2.97. The molecule has 0 unspecified atom stereocenters. The van der Waals surface area contributed by atoms with Gasteiger partial charge in [0.25, 0.3) is 0 Å². The van der Waals surface area contributed by atoms with Crippen molar-refractivity contribution < 1.29 is 9.72 Å². The second-order valence-electron chi connectivity index (χ2n) is 5.55. The van der Waals surface area contributed by atoms with Crippen LogP contribution in [-0.4, -0.2) is 36.9 Å². The predicted octanol–water partition coefficient (Wildman–Crippen LogP) is 2.54. The number of carbonyl (C=O) groups is 1. The quantitative estimate of drug-likeness (QED) is 0.410. The summed E-state index contributed by atoms with van der Waals surface area (Å²) in [7, 11) is 0. The van der Waals surface area contributed by atoms with Crippen molar-refractivity contribution >= 4 is 39.3 Å². The van der Waals surface area contributed by atoms with Crippen LogP contribution in [-0.2, 0) is 17.9 Å². The van der Waals surface area contributed by atoms with Gasteiger partial charge >= 0.3 is 5.82 Å². The molecule has 2 aromatic heterocycles. The molecule has 2 heterocycles. The summed E-state index contributed by atoms with van der Waals surface area (Å²) in [6.07, 6.45) is 0.707. The van der Waals surface area contributed by atoms with Crippen molar-refractivity contribution in [3.05, 3.63) is 36.7 Å². The minimum atomic E-state index is -0.670. The van der Waals surface area contributed by atoms with Crippen LogP contribution in [0.2, 0.25) is 5.02 Å². The van der Waals surface area contributed by atoms with Crippen LogP contribution >= 0.6 is 27.5 Å². The third-order valence-electron chi connectivity index (χ3n) is 3.74. The van der Waals surface area contributed by atoms with Crippen LogP contribution < -0.4 is 5.32 Å². The van der Waals surface area contributed by atoms with Crippen molar-refractivity contribution in [3.63, 3.8) is 0 Å². The zero-order chi connectivity index (χ0) is 18.7. The molecular formula is C14H18BrClN6O3. The van der Waals surface area contributed by atoms with Gasteiger partial charge in [-0.05, 0) is 48.0 Å². The lowest BCUT2D eigenvalue weighted by Gasteiger charge is -2.06. The molecule has 0 fully saturated rings. The highest BCUT2D eigenvalue weighted by Crippen LogP contribution is 2.26. The molecule has 25 heavy (non-hydrogen) atoms. The Morgan fingerprint density at radius 3 is 2.48 bits per heavy atom. The highest BCUT2D eigenvalue weighted by molar-refractivity contribution is 9.10. The lowest BCUT2D eigenvalue weighted by Crippen LogP contribution is -2.29. The van der Waals surface area contributed by atoms with E-state index in [1.54, 1.807) is 6.92 Å². The Balaban J connectivity index is 1.84. The fourth-order valence-corrected chi connectivity index (χ4v) is 2.81. The molecule has 0 spiro atoms. The highest BCUT2D eigenvalue weighted by Gasteiger charge is 2.24. The lowest BCUT2D eigenvalue weighted by atomic mass is 10.3. The van der Waals surface area contributed by atoms with Gasteiger partial charge in [0.15, 0.2) is 5.02 Å². The monoisotopic (exact) mass is 432 g/mol. The van der Waals surface area contributed by atoms with Crippen LogP contribution in [0.25, 0.3) is 0 Å². The molecule has 0 saturated carbocycles. The Kier molecular flexibility index (Phi) is 6.17. The van der Waals surface area contributed by atoms with Gasteiger partial charge in [0, 0.05) is 18.8 Å². The number of rotatable bonds is 7. The molecule has 1 N–H and O–H groups in total. The van der Waals surface area contributed by atoms with Crippen LogP contribution in [0.5, 0.6) is 0 Å². The van der Waals surface area contributed by atoms with Gasteiger partial charge in [0.05, 0.1) is 21.0 Å². The zero-order valence-corrected chi connectivity index (χ0v) is 16.4.